The second-order valence-corrected chi connectivity index (χ2v) is 1.93. The predicted octanol–water partition coefficient (Wildman–Crippen LogP) is -0.533. The average molecular weight is 166 g/mol. The smallest absolute Gasteiger partial charge is 0.328 e. The van der Waals surface area contributed by atoms with Crippen LogP contribution < -0.4 is 5.32 Å². The molecule has 5 heteroatoms. The highest BCUT2D eigenvalue weighted by Crippen LogP contribution is 1.88. The Bertz CT molecular complexity index is 148. The highest BCUT2D eigenvalue weighted by atomic mass is 35.5. The van der Waals surface area contributed by atoms with Crippen LogP contribution in [0.1, 0.15) is 0 Å². The van der Waals surface area contributed by atoms with Crippen molar-refractivity contribution in [3.8, 4) is 0 Å². The number of carboxylic acids is 1. The molecule has 0 fully saturated rings. The zero-order chi connectivity index (χ0) is 8.15. The lowest BCUT2D eigenvalue weighted by Gasteiger charge is -2.05. The zero-order valence-corrected chi connectivity index (χ0v) is 6.18. The molecule has 0 heterocycles. The number of carbonyl (C=O) groups excluding carboxylic acids is 1. The molecule has 0 amide bonds. The van der Waals surface area contributed by atoms with Crippen molar-refractivity contribution < 1.29 is 14.7 Å². The molecule has 1 atom stereocenters. The lowest BCUT2D eigenvalue weighted by Crippen LogP contribution is -2.41. The van der Waals surface area contributed by atoms with E-state index in [0.29, 0.717) is 0 Å². The summed E-state index contributed by atoms with van der Waals surface area (Å²) < 4.78 is 0. The quantitative estimate of drug-likeness (QED) is 0.434. The molecule has 0 radical (unpaired) electrons. The van der Waals surface area contributed by atoms with Crippen LogP contribution in [-0.4, -0.2) is 35.8 Å². The molecule has 0 aromatic rings. The van der Waals surface area contributed by atoms with Crippen LogP contribution in [0, 0.1) is 0 Å². The molecule has 0 aliphatic rings. The number of rotatable bonds is 4. The molecule has 2 N–H and O–H groups in total. The summed E-state index contributed by atoms with van der Waals surface area (Å²) in [6, 6.07) is -1.17. The number of aliphatic carboxylic acids is 1. The summed E-state index contributed by atoms with van der Waals surface area (Å²) in [5.74, 6) is -2.01. The van der Waals surface area contributed by atoms with Crippen molar-refractivity contribution in [3.05, 3.63) is 0 Å². The molecular formula is C5H8ClNO3. The fourth-order valence-electron chi connectivity index (χ4n) is 0.499. The van der Waals surface area contributed by atoms with Gasteiger partial charge >= 0.3 is 5.97 Å². The third kappa shape index (κ3) is 2.33. The number of carboxylic acid groups (broad SMARTS) is 1. The molecule has 58 valence electrons. The van der Waals surface area contributed by atoms with Crippen molar-refractivity contribution in [1.82, 2.24) is 5.32 Å². The van der Waals surface area contributed by atoms with Gasteiger partial charge in [-0.25, -0.2) is 0 Å². The molecular weight excluding hydrogens is 158 g/mol. The van der Waals surface area contributed by atoms with Gasteiger partial charge < -0.3 is 10.4 Å². The molecule has 1 unspecified atom stereocenters. The molecule has 0 saturated heterocycles. The van der Waals surface area contributed by atoms with Gasteiger partial charge in [-0.15, -0.1) is 11.6 Å². The number of hydrogen-bond donors (Lipinski definition) is 2. The minimum Gasteiger partial charge on any atom is -0.480 e. The zero-order valence-electron chi connectivity index (χ0n) is 5.43. The minimum atomic E-state index is -1.20. The van der Waals surface area contributed by atoms with Crippen molar-refractivity contribution >= 4 is 23.4 Å². The van der Waals surface area contributed by atoms with Crippen LogP contribution in [0.4, 0.5) is 0 Å². The van der Waals surface area contributed by atoms with E-state index < -0.39 is 17.8 Å². The van der Waals surface area contributed by atoms with Crippen LogP contribution in [0.2, 0.25) is 0 Å². The first kappa shape index (κ1) is 9.39. The van der Waals surface area contributed by atoms with Crippen molar-refractivity contribution in [2.45, 2.75) is 6.04 Å². The van der Waals surface area contributed by atoms with E-state index in [4.69, 9.17) is 16.7 Å². The van der Waals surface area contributed by atoms with E-state index in [1.165, 1.54) is 7.05 Å². The highest BCUT2D eigenvalue weighted by molar-refractivity contribution is 6.30. The van der Waals surface area contributed by atoms with E-state index in [9.17, 15) is 9.59 Å². The van der Waals surface area contributed by atoms with E-state index in [-0.39, 0.29) is 5.88 Å². The fraction of sp³-hybridized carbons (Fsp3) is 0.600. The summed E-state index contributed by atoms with van der Waals surface area (Å²) in [7, 11) is 1.39. The van der Waals surface area contributed by atoms with Crippen molar-refractivity contribution in [3.63, 3.8) is 0 Å². The SMILES string of the molecule is CNC(C(=O)O)C(=O)CCl. The van der Waals surface area contributed by atoms with E-state index in [1.54, 1.807) is 0 Å². The molecule has 0 aliphatic carbocycles. The summed E-state index contributed by atoms with van der Waals surface area (Å²) in [6.07, 6.45) is 0. The Morgan fingerprint density at radius 3 is 2.30 bits per heavy atom. The van der Waals surface area contributed by atoms with Gasteiger partial charge in [0.15, 0.2) is 11.8 Å². The molecule has 0 aromatic heterocycles. The number of likely N-dealkylation sites (N-methyl/N-ethyl adjacent to an activating group) is 1. The lowest BCUT2D eigenvalue weighted by atomic mass is 10.2. The number of halogens is 1. The summed E-state index contributed by atoms with van der Waals surface area (Å²) in [4.78, 5) is 20.8. The first-order chi connectivity index (χ1) is 4.63. The van der Waals surface area contributed by atoms with E-state index >= 15 is 0 Å². The van der Waals surface area contributed by atoms with Gasteiger partial charge in [-0.2, -0.15) is 0 Å². The first-order valence-electron chi connectivity index (χ1n) is 2.62. The fourth-order valence-corrected chi connectivity index (χ4v) is 0.654. The Hall–Kier alpha value is -0.610. The van der Waals surface area contributed by atoms with E-state index in [2.05, 4.69) is 5.32 Å². The summed E-state index contributed by atoms with van der Waals surface area (Å²) >= 11 is 5.12. The first-order valence-corrected chi connectivity index (χ1v) is 3.15. The monoisotopic (exact) mass is 165 g/mol. The predicted molar refractivity (Wildman–Crippen MR) is 36.2 cm³/mol. The van der Waals surface area contributed by atoms with Crippen LogP contribution in [0.3, 0.4) is 0 Å². The standard InChI is InChI=1S/C5H8ClNO3/c1-7-4(5(9)10)3(8)2-6/h4,7H,2H2,1H3,(H,9,10). The van der Waals surface area contributed by atoms with Crippen LogP contribution in [0.25, 0.3) is 0 Å². The molecule has 0 aromatic carbocycles. The second-order valence-electron chi connectivity index (χ2n) is 1.66. The Morgan fingerprint density at radius 1 is 1.70 bits per heavy atom. The Morgan fingerprint density at radius 2 is 2.20 bits per heavy atom. The lowest BCUT2D eigenvalue weighted by molar-refractivity contribution is -0.142. The molecule has 10 heavy (non-hydrogen) atoms. The van der Waals surface area contributed by atoms with Gasteiger partial charge in [-0.1, -0.05) is 0 Å². The molecule has 0 rings (SSSR count). The van der Waals surface area contributed by atoms with Gasteiger partial charge in [0, 0.05) is 0 Å². The van der Waals surface area contributed by atoms with Gasteiger partial charge in [0.25, 0.3) is 0 Å². The van der Waals surface area contributed by atoms with Gasteiger partial charge in [0.2, 0.25) is 0 Å². The third-order valence-electron chi connectivity index (χ3n) is 0.989. The molecule has 0 aliphatic heterocycles. The second kappa shape index (κ2) is 4.24. The number of hydrogen-bond acceptors (Lipinski definition) is 3. The van der Waals surface area contributed by atoms with Gasteiger partial charge in [0.05, 0.1) is 5.88 Å². The van der Waals surface area contributed by atoms with Crippen molar-refractivity contribution in [2.75, 3.05) is 12.9 Å². The molecule has 0 saturated carbocycles. The summed E-state index contributed by atoms with van der Waals surface area (Å²) in [5.41, 5.74) is 0. The van der Waals surface area contributed by atoms with E-state index in [1.807, 2.05) is 0 Å². The number of alkyl halides is 1. The summed E-state index contributed by atoms with van der Waals surface area (Å²) in [5, 5.41) is 10.7. The van der Waals surface area contributed by atoms with Crippen molar-refractivity contribution in [1.29, 1.82) is 0 Å². The Balaban J connectivity index is 4.06. The third-order valence-corrected chi connectivity index (χ3v) is 1.25. The molecule has 4 nitrogen and oxygen atoms in total. The maximum Gasteiger partial charge on any atom is 0.328 e. The summed E-state index contributed by atoms with van der Waals surface area (Å²) in [6.45, 7) is 0. The van der Waals surface area contributed by atoms with Gasteiger partial charge in [-0.05, 0) is 7.05 Å². The van der Waals surface area contributed by atoms with Gasteiger partial charge in [-0.3, -0.25) is 9.59 Å². The van der Waals surface area contributed by atoms with Crippen LogP contribution in [0.5, 0.6) is 0 Å². The maximum atomic E-state index is 10.6. The highest BCUT2D eigenvalue weighted by Gasteiger charge is 2.22. The Kier molecular flexibility index (Phi) is 3.99. The maximum absolute atomic E-state index is 10.6. The minimum absolute atomic E-state index is 0.280. The Labute approximate surface area is 63.2 Å². The van der Waals surface area contributed by atoms with Gasteiger partial charge in [0.1, 0.15) is 0 Å². The van der Waals surface area contributed by atoms with Crippen LogP contribution in [-0.2, 0) is 9.59 Å². The van der Waals surface area contributed by atoms with E-state index in [0.717, 1.165) is 0 Å². The van der Waals surface area contributed by atoms with Crippen molar-refractivity contribution in [2.24, 2.45) is 0 Å². The number of carbonyl (C=O) groups is 2. The molecule has 0 bridgehead atoms. The van der Waals surface area contributed by atoms with Crippen LogP contribution >= 0.6 is 11.6 Å². The van der Waals surface area contributed by atoms with Crippen LogP contribution in [0.15, 0.2) is 0 Å². The topological polar surface area (TPSA) is 66.4 Å². The number of Topliss-reactive ketones (excluding diaryl/α,β-unsaturated/α-hetero) is 1. The molecule has 0 spiro atoms. The number of ketones is 1. The average Bonchev–Trinajstić information content (AvgIpc) is 1.88. The normalized spacial score (nSPS) is 12.6. The largest absolute Gasteiger partial charge is 0.480 e. The number of nitrogens with one attached hydrogen (secondary N) is 1.